The molecule has 0 fully saturated rings. The van der Waals surface area contributed by atoms with E-state index in [1.165, 1.54) is 0 Å². The molecule has 0 saturated heterocycles. The van der Waals surface area contributed by atoms with Gasteiger partial charge < -0.3 is 10.1 Å². The average Bonchev–Trinajstić information content (AvgIpc) is 3.03. The van der Waals surface area contributed by atoms with Gasteiger partial charge in [0, 0.05) is 17.8 Å². The van der Waals surface area contributed by atoms with Gasteiger partial charge in [0.1, 0.15) is 5.75 Å². The SMILES string of the molecule is CCOc1ccc(C(=O)Nc2ccn(Cc3ccccc3)n2)cc1. The van der Waals surface area contributed by atoms with Gasteiger partial charge in [0.2, 0.25) is 0 Å². The fourth-order valence-electron chi connectivity index (χ4n) is 2.34. The maximum Gasteiger partial charge on any atom is 0.256 e. The van der Waals surface area contributed by atoms with Crippen molar-refractivity contribution in [3.05, 3.63) is 78.0 Å². The molecule has 0 unspecified atom stereocenters. The van der Waals surface area contributed by atoms with Crippen LogP contribution in [0.1, 0.15) is 22.8 Å². The molecule has 2 aromatic carbocycles. The van der Waals surface area contributed by atoms with E-state index >= 15 is 0 Å². The highest BCUT2D eigenvalue weighted by atomic mass is 16.5. The number of ether oxygens (including phenoxy) is 1. The van der Waals surface area contributed by atoms with Crippen molar-refractivity contribution in [2.24, 2.45) is 0 Å². The van der Waals surface area contributed by atoms with Gasteiger partial charge in [0.05, 0.1) is 13.2 Å². The Labute approximate surface area is 140 Å². The monoisotopic (exact) mass is 321 g/mol. The third kappa shape index (κ3) is 4.01. The van der Waals surface area contributed by atoms with Gasteiger partial charge in [0.25, 0.3) is 5.91 Å². The van der Waals surface area contributed by atoms with Crippen molar-refractivity contribution in [3.8, 4) is 5.75 Å². The molecule has 0 spiro atoms. The standard InChI is InChI=1S/C19H19N3O2/c1-2-24-17-10-8-16(9-11-17)19(23)20-18-12-13-22(21-18)14-15-6-4-3-5-7-15/h3-13H,2,14H2,1H3,(H,20,21,23). The van der Waals surface area contributed by atoms with Crippen molar-refractivity contribution in [2.45, 2.75) is 13.5 Å². The molecule has 0 saturated carbocycles. The van der Waals surface area contributed by atoms with Crippen LogP contribution in [0, 0.1) is 0 Å². The van der Waals surface area contributed by atoms with Gasteiger partial charge in [0.15, 0.2) is 5.82 Å². The molecule has 5 nitrogen and oxygen atoms in total. The second-order valence-electron chi connectivity index (χ2n) is 5.30. The summed E-state index contributed by atoms with van der Waals surface area (Å²) in [5.74, 6) is 1.09. The van der Waals surface area contributed by atoms with Crippen molar-refractivity contribution >= 4 is 11.7 Å². The van der Waals surface area contributed by atoms with Crippen molar-refractivity contribution in [1.82, 2.24) is 9.78 Å². The number of carbonyl (C=O) groups excluding carboxylic acids is 1. The summed E-state index contributed by atoms with van der Waals surface area (Å²) in [5, 5.41) is 7.18. The lowest BCUT2D eigenvalue weighted by molar-refractivity contribution is 0.102. The fourth-order valence-corrected chi connectivity index (χ4v) is 2.34. The van der Waals surface area contributed by atoms with Crippen LogP contribution in [0.3, 0.4) is 0 Å². The molecule has 3 rings (SSSR count). The van der Waals surface area contributed by atoms with Crippen LogP contribution in [0.5, 0.6) is 5.75 Å². The van der Waals surface area contributed by atoms with E-state index in [-0.39, 0.29) is 5.91 Å². The highest BCUT2D eigenvalue weighted by Gasteiger charge is 2.08. The molecule has 0 atom stereocenters. The highest BCUT2D eigenvalue weighted by Crippen LogP contribution is 2.14. The van der Waals surface area contributed by atoms with E-state index in [2.05, 4.69) is 10.4 Å². The maximum absolute atomic E-state index is 12.2. The number of hydrogen-bond acceptors (Lipinski definition) is 3. The molecule has 0 aliphatic heterocycles. The van der Waals surface area contributed by atoms with Crippen LogP contribution in [0.4, 0.5) is 5.82 Å². The first-order valence-corrected chi connectivity index (χ1v) is 7.86. The molecule has 5 heteroatoms. The summed E-state index contributed by atoms with van der Waals surface area (Å²) in [6.45, 7) is 3.19. The molecule has 1 amide bonds. The molecule has 3 aromatic rings. The molecule has 24 heavy (non-hydrogen) atoms. The Morgan fingerprint density at radius 1 is 1.08 bits per heavy atom. The largest absolute Gasteiger partial charge is 0.494 e. The van der Waals surface area contributed by atoms with E-state index in [1.807, 2.05) is 43.5 Å². The van der Waals surface area contributed by atoms with Gasteiger partial charge in [-0.15, -0.1) is 0 Å². The number of benzene rings is 2. The second kappa shape index (κ2) is 7.46. The van der Waals surface area contributed by atoms with E-state index in [0.717, 1.165) is 11.3 Å². The van der Waals surface area contributed by atoms with E-state index in [0.29, 0.717) is 24.5 Å². The first-order chi connectivity index (χ1) is 11.7. The minimum atomic E-state index is -0.192. The van der Waals surface area contributed by atoms with Crippen LogP contribution in [0.15, 0.2) is 66.9 Å². The van der Waals surface area contributed by atoms with Crippen LogP contribution in [-0.2, 0) is 6.54 Å². The van der Waals surface area contributed by atoms with E-state index in [4.69, 9.17) is 4.74 Å². The summed E-state index contributed by atoms with van der Waals surface area (Å²) in [5.41, 5.74) is 1.72. The number of nitrogens with zero attached hydrogens (tertiary/aromatic N) is 2. The first-order valence-electron chi connectivity index (χ1n) is 7.86. The van der Waals surface area contributed by atoms with Crippen LogP contribution >= 0.6 is 0 Å². The lowest BCUT2D eigenvalue weighted by atomic mass is 10.2. The third-order valence-electron chi connectivity index (χ3n) is 3.50. The predicted molar refractivity (Wildman–Crippen MR) is 93.3 cm³/mol. The Morgan fingerprint density at radius 2 is 1.83 bits per heavy atom. The molecular weight excluding hydrogens is 302 g/mol. The van der Waals surface area contributed by atoms with Crippen LogP contribution in [0.2, 0.25) is 0 Å². The second-order valence-corrected chi connectivity index (χ2v) is 5.30. The smallest absolute Gasteiger partial charge is 0.256 e. The predicted octanol–water partition coefficient (Wildman–Crippen LogP) is 3.58. The lowest BCUT2D eigenvalue weighted by Gasteiger charge is -2.05. The quantitative estimate of drug-likeness (QED) is 0.755. The Hall–Kier alpha value is -3.08. The van der Waals surface area contributed by atoms with E-state index in [1.54, 1.807) is 35.0 Å². The summed E-state index contributed by atoms with van der Waals surface area (Å²) in [4.78, 5) is 12.2. The summed E-state index contributed by atoms with van der Waals surface area (Å²) in [7, 11) is 0. The Bertz CT molecular complexity index is 795. The van der Waals surface area contributed by atoms with Gasteiger partial charge >= 0.3 is 0 Å². The van der Waals surface area contributed by atoms with Crippen LogP contribution in [0.25, 0.3) is 0 Å². The highest BCUT2D eigenvalue weighted by molar-refractivity contribution is 6.03. The minimum Gasteiger partial charge on any atom is -0.494 e. The number of nitrogens with one attached hydrogen (secondary N) is 1. The topological polar surface area (TPSA) is 56.1 Å². The molecule has 1 N–H and O–H groups in total. The summed E-state index contributed by atoms with van der Waals surface area (Å²) < 4.78 is 7.17. The number of hydrogen-bond donors (Lipinski definition) is 1. The van der Waals surface area contributed by atoms with E-state index in [9.17, 15) is 4.79 Å². The molecule has 0 bridgehead atoms. The number of amides is 1. The molecule has 0 aliphatic rings. The Balaban J connectivity index is 1.62. The molecule has 0 radical (unpaired) electrons. The summed E-state index contributed by atoms with van der Waals surface area (Å²) in [6, 6.07) is 18.9. The number of rotatable bonds is 6. The zero-order valence-corrected chi connectivity index (χ0v) is 13.5. The first kappa shape index (κ1) is 15.8. The molecule has 1 heterocycles. The molecule has 0 aliphatic carbocycles. The van der Waals surface area contributed by atoms with Gasteiger partial charge in [-0.05, 0) is 36.8 Å². The Kier molecular flexibility index (Phi) is 4.91. The Morgan fingerprint density at radius 3 is 2.54 bits per heavy atom. The van der Waals surface area contributed by atoms with Crippen molar-refractivity contribution in [1.29, 1.82) is 0 Å². The zero-order chi connectivity index (χ0) is 16.8. The van der Waals surface area contributed by atoms with Crippen molar-refractivity contribution in [2.75, 3.05) is 11.9 Å². The van der Waals surface area contributed by atoms with Crippen molar-refractivity contribution in [3.63, 3.8) is 0 Å². The number of anilines is 1. The van der Waals surface area contributed by atoms with Gasteiger partial charge in [-0.25, -0.2) is 0 Å². The van der Waals surface area contributed by atoms with Crippen LogP contribution in [-0.4, -0.2) is 22.3 Å². The fraction of sp³-hybridized carbons (Fsp3) is 0.158. The summed E-state index contributed by atoms with van der Waals surface area (Å²) in [6.07, 6.45) is 1.85. The average molecular weight is 321 g/mol. The van der Waals surface area contributed by atoms with Gasteiger partial charge in [-0.2, -0.15) is 5.10 Å². The normalized spacial score (nSPS) is 10.4. The minimum absolute atomic E-state index is 0.192. The number of carbonyl (C=O) groups is 1. The van der Waals surface area contributed by atoms with Gasteiger partial charge in [-0.3, -0.25) is 9.48 Å². The van der Waals surface area contributed by atoms with E-state index < -0.39 is 0 Å². The molecule has 1 aromatic heterocycles. The lowest BCUT2D eigenvalue weighted by Crippen LogP contribution is -2.12. The van der Waals surface area contributed by atoms with Crippen LogP contribution < -0.4 is 10.1 Å². The van der Waals surface area contributed by atoms with Crippen molar-refractivity contribution < 1.29 is 9.53 Å². The summed E-state index contributed by atoms with van der Waals surface area (Å²) >= 11 is 0. The van der Waals surface area contributed by atoms with Gasteiger partial charge in [-0.1, -0.05) is 30.3 Å². The third-order valence-corrected chi connectivity index (χ3v) is 3.50. The number of aromatic nitrogens is 2. The zero-order valence-electron chi connectivity index (χ0n) is 13.5. The molecule has 122 valence electrons. The maximum atomic E-state index is 12.2. The molecular formula is C19H19N3O2.